The first kappa shape index (κ1) is 21.9. The van der Waals surface area contributed by atoms with Crippen molar-refractivity contribution in [3.63, 3.8) is 0 Å². The lowest BCUT2D eigenvalue weighted by Gasteiger charge is -2.28. The highest BCUT2D eigenvalue weighted by Crippen LogP contribution is 2.45. The molecule has 3 aromatic rings. The van der Waals surface area contributed by atoms with Gasteiger partial charge in [-0.2, -0.15) is 0 Å². The molecule has 2 fully saturated rings. The number of nitrogens with zero attached hydrogens (tertiary/aromatic N) is 3. The predicted octanol–water partition coefficient (Wildman–Crippen LogP) is 5.06. The van der Waals surface area contributed by atoms with Gasteiger partial charge in [-0.25, -0.2) is 0 Å². The molecule has 1 aromatic carbocycles. The normalized spacial score (nSPS) is 20.1. The lowest BCUT2D eigenvalue weighted by Crippen LogP contribution is -2.43. The number of benzene rings is 1. The first-order valence-electron chi connectivity index (χ1n) is 12.0. The van der Waals surface area contributed by atoms with E-state index in [9.17, 15) is 9.59 Å². The summed E-state index contributed by atoms with van der Waals surface area (Å²) < 4.78 is 7.37. The van der Waals surface area contributed by atoms with Crippen LogP contribution in [0.2, 0.25) is 5.02 Å². The quantitative estimate of drug-likeness (QED) is 0.508. The number of carbonyl (C=O) groups excluding carboxylic acids is 2. The van der Waals surface area contributed by atoms with E-state index >= 15 is 0 Å². The molecule has 2 saturated heterocycles. The molecule has 0 radical (unpaired) electrons. The van der Waals surface area contributed by atoms with Crippen molar-refractivity contribution in [1.82, 2.24) is 14.8 Å². The summed E-state index contributed by atoms with van der Waals surface area (Å²) in [6.45, 7) is 3.06. The molecule has 0 spiro atoms. The fourth-order valence-electron chi connectivity index (χ4n) is 5.32. The Balaban J connectivity index is 1.34. The van der Waals surface area contributed by atoms with E-state index in [0.717, 1.165) is 76.4 Å². The largest absolute Gasteiger partial charge is 0.479 e. The minimum atomic E-state index is -0.497. The van der Waals surface area contributed by atoms with Gasteiger partial charge in [-0.15, -0.1) is 11.3 Å². The van der Waals surface area contributed by atoms with Gasteiger partial charge in [0.05, 0.1) is 16.8 Å². The van der Waals surface area contributed by atoms with Crippen molar-refractivity contribution < 1.29 is 14.3 Å². The average Bonchev–Trinajstić information content (AvgIpc) is 3.56. The highest BCUT2D eigenvalue weighted by molar-refractivity contribution is 7.19. The minimum absolute atomic E-state index is 0.0755. The zero-order valence-corrected chi connectivity index (χ0v) is 20.5. The molecule has 2 aromatic heterocycles. The Labute approximate surface area is 207 Å². The molecule has 6 rings (SSSR count). The maximum atomic E-state index is 13.1. The van der Waals surface area contributed by atoms with Gasteiger partial charge < -0.3 is 14.5 Å². The molecule has 8 heteroatoms. The van der Waals surface area contributed by atoms with E-state index in [0.29, 0.717) is 24.4 Å². The molecule has 34 heavy (non-hydrogen) atoms. The summed E-state index contributed by atoms with van der Waals surface area (Å²) in [6, 6.07) is 7.90. The van der Waals surface area contributed by atoms with Crippen molar-refractivity contribution in [2.75, 3.05) is 19.6 Å². The fourth-order valence-corrected chi connectivity index (χ4v) is 6.72. The van der Waals surface area contributed by atoms with E-state index in [1.807, 2.05) is 28.0 Å². The molecule has 0 unspecified atom stereocenters. The molecule has 6 nitrogen and oxygen atoms in total. The summed E-state index contributed by atoms with van der Waals surface area (Å²) in [4.78, 5) is 34.8. The number of halogens is 1. The van der Waals surface area contributed by atoms with E-state index in [2.05, 4.69) is 11.1 Å². The first-order valence-corrected chi connectivity index (χ1v) is 13.2. The van der Waals surface area contributed by atoms with Gasteiger partial charge in [-0.1, -0.05) is 11.6 Å². The van der Waals surface area contributed by atoms with Crippen LogP contribution in [0.1, 0.15) is 42.5 Å². The van der Waals surface area contributed by atoms with E-state index in [1.165, 1.54) is 6.42 Å². The monoisotopic (exact) mass is 495 g/mol. The van der Waals surface area contributed by atoms with Crippen LogP contribution in [0.15, 0.2) is 30.5 Å². The van der Waals surface area contributed by atoms with Crippen molar-refractivity contribution in [3.8, 4) is 16.9 Å². The number of fused-ring (bicyclic) bond motifs is 2. The lowest BCUT2D eigenvalue weighted by atomic mass is 10.0. The van der Waals surface area contributed by atoms with Crippen molar-refractivity contribution in [2.45, 2.75) is 51.2 Å². The van der Waals surface area contributed by atoms with Gasteiger partial charge in [0.15, 0.2) is 6.10 Å². The second-order valence-corrected chi connectivity index (χ2v) is 10.9. The first-order chi connectivity index (χ1) is 16.6. The second-order valence-electron chi connectivity index (χ2n) is 9.34. The topological polar surface area (TPSA) is 62.7 Å². The van der Waals surface area contributed by atoms with Crippen molar-refractivity contribution in [3.05, 3.63) is 45.9 Å². The number of aromatic nitrogens is 1. The third-order valence-electron chi connectivity index (χ3n) is 7.01. The summed E-state index contributed by atoms with van der Waals surface area (Å²) in [5.74, 6) is 1.04. The van der Waals surface area contributed by atoms with Gasteiger partial charge in [-0.05, 0) is 49.9 Å². The van der Waals surface area contributed by atoms with E-state index in [-0.39, 0.29) is 11.8 Å². The van der Waals surface area contributed by atoms with Gasteiger partial charge in [0, 0.05) is 65.3 Å². The number of pyridine rings is 1. The SMILES string of the molecule is O=C1CCCN1Cc1cc2nccc(-c3cc(Cl)cc4c3O[C@@H](C(=O)N3CCCCC3)C4)c2s1. The average molecular weight is 496 g/mol. The predicted molar refractivity (Wildman–Crippen MR) is 133 cm³/mol. The number of thiophene rings is 1. The molecule has 5 heterocycles. The van der Waals surface area contributed by atoms with Crippen LogP contribution in [0.5, 0.6) is 5.75 Å². The third kappa shape index (κ3) is 3.95. The van der Waals surface area contributed by atoms with Crippen molar-refractivity contribution >= 4 is 45.0 Å². The maximum absolute atomic E-state index is 13.1. The molecule has 0 N–H and O–H groups in total. The van der Waals surface area contributed by atoms with E-state index in [4.69, 9.17) is 16.3 Å². The highest BCUT2D eigenvalue weighted by atomic mass is 35.5. The summed E-state index contributed by atoms with van der Waals surface area (Å²) in [7, 11) is 0. The van der Waals surface area contributed by atoms with Crippen LogP contribution in [0.4, 0.5) is 0 Å². The Kier molecular flexibility index (Phi) is 5.70. The number of ether oxygens (including phenoxy) is 1. The van der Waals surface area contributed by atoms with Crippen LogP contribution in [0.3, 0.4) is 0 Å². The molecule has 3 aliphatic heterocycles. The van der Waals surface area contributed by atoms with Crippen LogP contribution in [0, 0.1) is 0 Å². The number of likely N-dealkylation sites (tertiary alicyclic amines) is 2. The Bertz CT molecular complexity index is 1280. The zero-order valence-electron chi connectivity index (χ0n) is 18.9. The summed E-state index contributed by atoms with van der Waals surface area (Å²) in [5.41, 5.74) is 3.77. The minimum Gasteiger partial charge on any atom is -0.479 e. The number of amides is 2. The van der Waals surface area contributed by atoms with Crippen LogP contribution < -0.4 is 4.74 Å². The number of hydrogen-bond donors (Lipinski definition) is 0. The van der Waals surface area contributed by atoms with Gasteiger partial charge in [0.2, 0.25) is 5.91 Å². The van der Waals surface area contributed by atoms with E-state index < -0.39 is 6.10 Å². The molecule has 0 aliphatic carbocycles. The zero-order chi connectivity index (χ0) is 23.2. The summed E-state index contributed by atoms with van der Waals surface area (Å²) in [6.07, 6.45) is 6.70. The van der Waals surface area contributed by atoms with E-state index in [1.54, 1.807) is 17.5 Å². The molecule has 176 valence electrons. The molecule has 0 saturated carbocycles. The van der Waals surface area contributed by atoms with Gasteiger partial charge in [-0.3, -0.25) is 14.6 Å². The number of hydrogen-bond acceptors (Lipinski definition) is 5. The number of carbonyl (C=O) groups is 2. The molecular formula is C26H26ClN3O3S. The smallest absolute Gasteiger partial charge is 0.263 e. The Morgan fingerprint density at radius 1 is 1.12 bits per heavy atom. The van der Waals surface area contributed by atoms with Gasteiger partial charge in [0.25, 0.3) is 5.91 Å². The molecule has 2 amide bonds. The van der Waals surface area contributed by atoms with Crippen LogP contribution >= 0.6 is 22.9 Å². The Morgan fingerprint density at radius 3 is 2.76 bits per heavy atom. The highest BCUT2D eigenvalue weighted by Gasteiger charge is 2.35. The van der Waals surface area contributed by atoms with Crippen LogP contribution in [-0.4, -0.2) is 52.3 Å². The molecule has 1 atom stereocenters. The molecular weight excluding hydrogens is 470 g/mol. The number of rotatable bonds is 4. The summed E-state index contributed by atoms with van der Waals surface area (Å²) >= 11 is 8.19. The Hall–Kier alpha value is -2.64. The van der Waals surface area contributed by atoms with Gasteiger partial charge in [0.1, 0.15) is 5.75 Å². The van der Waals surface area contributed by atoms with Gasteiger partial charge >= 0.3 is 0 Å². The molecule has 0 bridgehead atoms. The van der Waals surface area contributed by atoms with Crippen molar-refractivity contribution in [2.24, 2.45) is 0 Å². The maximum Gasteiger partial charge on any atom is 0.263 e. The second kappa shape index (κ2) is 8.86. The standard InChI is InChI=1S/C26H26ClN3O3S/c27-17-11-16-12-22(26(32)29-8-2-1-3-9-29)33-24(16)20(13-17)19-6-7-28-21-14-18(34-25(19)21)15-30-10-4-5-23(30)31/h6-7,11,13-14,22H,1-5,8-10,12,15H2/t22-/m1/s1. The van der Waals surface area contributed by atoms with Crippen molar-refractivity contribution in [1.29, 1.82) is 0 Å². The van der Waals surface area contributed by atoms with Crippen LogP contribution in [-0.2, 0) is 22.6 Å². The third-order valence-corrected chi connectivity index (χ3v) is 8.37. The fraction of sp³-hybridized carbons (Fsp3) is 0.423. The van der Waals surface area contributed by atoms with Crippen LogP contribution in [0.25, 0.3) is 21.3 Å². The summed E-state index contributed by atoms with van der Waals surface area (Å²) in [5, 5.41) is 0.632. The Morgan fingerprint density at radius 2 is 1.97 bits per heavy atom. The lowest BCUT2D eigenvalue weighted by molar-refractivity contribution is -0.138. The molecule has 3 aliphatic rings. The number of piperidine rings is 1.